The Kier molecular flexibility index (Phi) is 7.27. The molecule has 0 spiro atoms. The van der Waals surface area contributed by atoms with Crippen LogP contribution in [0.15, 0.2) is 200 Å². The van der Waals surface area contributed by atoms with Gasteiger partial charge >= 0.3 is 0 Å². The van der Waals surface area contributed by atoms with E-state index in [1.807, 2.05) is 6.20 Å². The molecule has 0 radical (unpaired) electrons. The zero-order valence-corrected chi connectivity index (χ0v) is 32.9. The summed E-state index contributed by atoms with van der Waals surface area (Å²) in [6.07, 6.45) is 1.93. The number of aromatic nitrogens is 3. The highest BCUT2D eigenvalue weighted by Crippen LogP contribution is 2.49. The van der Waals surface area contributed by atoms with Crippen molar-refractivity contribution >= 4 is 43.6 Å². The van der Waals surface area contributed by atoms with Gasteiger partial charge < -0.3 is 9.13 Å². The van der Waals surface area contributed by atoms with Gasteiger partial charge in [-0.3, -0.25) is 4.98 Å². The Morgan fingerprint density at radius 1 is 0.373 bits per heavy atom. The van der Waals surface area contributed by atoms with Crippen LogP contribution in [0.25, 0.3) is 99.5 Å². The van der Waals surface area contributed by atoms with Crippen LogP contribution in [0.5, 0.6) is 0 Å². The Morgan fingerprint density at radius 2 is 0.814 bits per heavy atom. The summed E-state index contributed by atoms with van der Waals surface area (Å²) in [5, 5.41) is 5.01. The molecule has 0 fully saturated rings. The SMILES string of the molecule is CC1(C)c2ncccc2-n2c3ccc(-c4ccc(-n5c6ccc(-c7ccccc7)cc6c6cc(-c7ccccc7)ccc65)cc4)cc3c3cc(-c4ccccc4)cc1c32. The Hall–Kier alpha value is -7.49. The van der Waals surface area contributed by atoms with E-state index < -0.39 is 0 Å². The van der Waals surface area contributed by atoms with Crippen LogP contribution in [-0.4, -0.2) is 14.1 Å². The van der Waals surface area contributed by atoms with Crippen LogP contribution in [0.1, 0.15) is 25.1 Å². The van der Waals surface area contributed by atoms with Gasteiger partial charge in [0.2, 0.25) is 0 Å². The van der Waals surface area contributed by atoms with Crippen molar-refractivity contribution in [1.29, 1.82) is 0 Å². The molecule has 0 aliphatic carbocycles. The first-order chi connectivity index (χ1) is 29.0. The van der Waals surface area contributed by atoms with Gasteiger partial charge in [-0.15, -0.1) is 0 Å². The van der Waals surface area contributed by atoms with E-state index in [1.54, 1.807) is 0 Å². The maximum Gasteiger partial charge on any atom is 0.0744 e. The topological polar surface area (TPSA) is 22.8 Å². The lowest BCUT2D eigenvalue weighted by Gasteiger charge is -2.33. The number of pyridine rings is 1. The minimum atomic E-state index is -0.262. The molecule has 0 saturated carbocycles. The van der Waals surface area contributed by atoms with E-state index in [9.17, 15) is 0 Å². The van der Waals surface area contributed by atoms with Gasteiger partial charge in [0.25, 0.3) is 0 Å². The summed E-state index contributed by atoms with van der Waals surface area (Å²) in [6.45, 7) is 4.64. The van der Waals surface area contributed by atoms with E-state index in [0.29, 0.717) is 0 Å². The van der Waals surface area contributed by atoms with Crippen LogP contribution in [0.2, 0.25) is 0 Å². The number of fused-ring (bicyclic) bond motifs is 8. The van der Waals surface area contributed by atoms with E-state index in [2.05, 4.69) is 217 Å². The fourth-order valence-electron chi connectivity index (χ4n) is 9.76. The zero-order chi connectivity index (χ0) is 39.2. The van der Waals surface area contributed by atoms with Crippen LogP contribution in [-0.2, 0) is 5.41 Å². The van der Waals surface area contributed by atoms with Gasteiger partial charge in [-0.25, -0.2) is 0 Å². The maximum absolute atomic E-state index is 4.99. The molecule has 4 heterocycles. The van der Waals surface area contributed by atoms with Crippen LogP contribution in [0, 0.1) is 0 Å². The predicted molar refractivity (Wildman–Crippen MR) is 247 cm³/mol. The van der Waals surface area contributed by atoms with Crippen molar-refractivity contribution in [3.05, 3.63) is 212 Å². The second-order valence-electron chi connectivity index (χ2n) is 16.4. The molecule has 0 N–H and O–H groups in total. The molecule has 12 rings (SSSR count). The van der Waals surface area contributed by atoms with Crippen molar-refractivity contribution in [2.75, 3.05) is 0 Å². The van der Waals surface area contributed by atoms with Crippen molar-refractivity contribution < 1.29 is 0 Å². The first kappa shape index (κ1) is 33.6. The maximum atomic E-state index is 4.99. The van der Waals surface area contributed by atoms with Crippen molar-refractivity contribution in [2.24, 2.45) is 0 Å². The fourth-order valence-corrected chi connectivity index (χ4v) is 9.76. The van der Waals surface area contributed by atoms with E-state index in [0.717, 1.165) is 17.1 Å². The van der Waals surface area contributed by atoms with Crippen LogP contribution < -0.4 is 0 Å². The van der Waals surface area contributed by atoms with Gasteiger partial charge in [0.05, 0.1) is 33.4 Å². The normalized spacial score (nSPS) is 13.1. The molecular formula is C56H39N3. The molecule has 1 aliphatic heterocycles. The lowest BCUT2D eigenvalue weighted by atomic mass is 9.76. The molecule has 3 aromatic heterocycles. The predicted octanol–water partition coefficient (Wildman–Crippen LogP) is 14.6. The largest absolute Gasteiger partial charge is 0.309 e. The van der Waals surface area contributed by atoms with Crippen LogP contribution >= 0.6 is 0 Å². The minimum Gasteiger partial charge on any atom is -0.309 e. The van der Waals surface area contributed by atoms with Gasteiger partial charge in [0, 0.05) is 38.8 Å². The van der Waals surface area contributed by atoms with Gasteiger partial charge in [0.15, 0.2) is 0 Å². The molecule has 0 saturated heterocycles. The molecule has 3 heteroatoms. The number of nitrogens with zero attached hydrogens (tertiary/aromatic N) is 3. The summed E-state index contributed by atoms with van der Waals surface area (Å²) in [6, 6.07) is 71.1. The molecule has 0 bridgehead atoms. The lowest BCUT2D eigenvalue weighted by molar-refractivity contribution is 0.606. The van der Waals surface area contributed by atoms with Crippen LogP contribution in [0.4, 0.5) is 0 Å². The summed E-state index contributed by atoms with van der Waals surface area (Å²) >= 11 is 0. The molecule has 0 amide bonds. The smallest absolute Gasteiger partial charge is 0.0744 e. The Morgan fingerprint density at radius 3 is 1.36 bits per heavy atom. The number of hydrogen-bond acceptors (Lipinski definition) is 1. The van der Waals surface area contributed by atoms with Gasteiger partial charge in [-0.2, -0.15) is 0 Å². The second kappa shape index (κ2) is 12.8. The van der Waals surface area contributed by atoms with Crippen molar-refractivity contribution in [1.82, 2.24) is 14.1 Å². The lowest BCUT2D eigenvalue weighted by Crippen LogP contribution is -2.27. The highest BCUT2D eigenvalue weighted by Gasteiger charge is 2.37. The Bertz CT molecular complexity index is 3330. The van der Waals surface area contributed by atoms with Gasteiger partial charge in [-0.1, -0.05) is 121 Å². The minimum absolute atomic E-state index is 0.262. The van der Waals surface area contributed by atoms with Crippen LogP contribution in [0.3, 0.4) is 0 Å². The zero-order valence-electron chi connectivity index (χ0n) is 32.9. The summed E-state index contributed by atoms with van der Waals surface area (Å²) in [5.41, 5.74) is 19.0. The fraction of sp³-hybridized carbons (Fsp3) is 0.0536. The van der Waals surface area contributed by atoms with E-state index in [-0.39, 0.29) is 5.41 Å². The standard InChI is InChI=1S/C56H39N3/c1-56(2)49-35-43(38-17-10-5-11-18-38)34-48-47-33-42(24-29-52(47)59(54(48)49)53-19-12-30-57-55(53)56)39-20-25-44(26-21-39)58-50-27-22-40(36-13-6-3-7-14-36)31-45(50)46-32-41(23-28-51(46)58)37-15-8-4-9-16-37/h3-35H,1-2H3. The number of rotatable bonds is 5. The number of hydrogen-bond donors (Lipinski definition) is 0. The summed E-state index contributed by atoms with van der Waals surface area (Å²) in [7, 11) is 0. The first-order valence-corrected chi connectivity index (χ1v) is 20.5. The van der Waals surface area contributed by atoms with E-state index in [1.165, 1.54) is 93.7 Å². The highest BCUT2D eigenvalue weighted by atomic mass is 15.0. The van der Waals surface area contributed by atoms with E-state index >= 15 is 0 Å². The average molecular weight is 754 g/mol. The Labute approximate surface area is 343 Å². The molecular weight excluding hydrogens is 715 g/mol. The van der Waals surface area contributed by atoms with Gasteiger partial charge in [-0.05, 0) is 137 Å². The quantitative estimate of drug-likeness (QED) is 0.172. The third-order valence-electron chi connectivity index (χ3n) is 12.7. The third kappa shape index (κ3) is 5.11. The Balaban J connectivity index is 1.02. The highest BCUT2D eigenvalue weighted by molar-refractivity contribution is 6.14. The van der Waals surface area contributed by atoms with Crippen molar-refractivity contribution in [2.45, 2.75) is 19.3 Å². The first-order valence-electron chi connectivity index (χ1n) is 20.5. The molecule has 11 aromatic rings. The molecule has 0 atom stereocenters. The summed E-state index contributed by atoms with van der Waals surface area (Å²) in [5.74, 6) is 0. The average Bonchev–Trinajstić information content (AvgIpc) is 3.81. The molecule has 59 heavy (non-hydrogen) atoms. The summed E-state index contributed by atoms with van der Waals surface area (Å²) in [4.78, 5) is 4.99. The molecule has 278 valence electrons. The third-order valence-corrected chi connectivity index (χ3v) is 12.7. The molecule has 8 aromatic carbocycles. The monoisotopic (exact) mass is 753 g/mol. The second-order valence-corrected chi connectivity index (χ2v) is 16.4. The molecule has 0 unspecified atom stereocenters. The summed E-state index contributed by atoms with van der Waals surface area (Å²) < 4.78 is 4.87. The number of benzene rings is 8. The van der Waals surface area contributed by atoms with E-state index in [4.69, 9.17) is 4.98 Å². The van der Waals surface area contributed by atoms with Crippen molar-refractivity contribution in [3.63, 3.8) is 0 Å². The molecule has 1 aliphatic rings. The van der Waals surface area contributed by atoms with Crippen molar-refractivity contribution in [3.8, 4) is 55.9 Å². The van der Waals surface area contributed by atoms with Gasteiger partial charge in [0.1, 0.15) is 0 Å². The molecule has 3 nitrogen and oxygen atoms in total.